The molecule has 0 bridgehead atoms. The summed E-state index contributed by atoms with van der Waals surface area (Å²) in [6.07, 6.45) is 0. The van der Waals surface area contributed by atoms with Crippen LogP contribution in [0.3, 0.4) is 0 Å². The van der Waals surface area contributed by atoms with Gasteiger partial charge < -0.3 is 11.1 Å². The minimum atomic E-state index is -0.313. The maximum atomic E-state index is 13.5. The highest BCUT2D eigenvalue weighted by atomic mass is 79.9. The van der Waals surface area contributed by atoms with Crippen molar-refractivity contribution in [2.24, 2.45) is 0 Å². The van der Waals surface area contributed by atoms with Crippen molar-refractivity contribution in [1.82, 2.24) is 0 Å². The Bertz CT molecular complexity index is 514. The highest BCUT2D eigenvalue weighted by Crippen LogP contribution is 2.26. The smallest absolute Gasteiger partial charge is 0.146 e. The number of anilines is 3. The lowest BCUT2D eigenvalue weighted by Gasteiger charge is -2.10. The Morgan fingerprint density at radius 2 is 1.81 bits per heavy atom. The number of rotatable bonds is 2. The van der Waals surface area contributed by atoms with Gasteiger partial charge in [-0.05, 0) is 30.3 Å². The van der Waals surface area contributed by atoms with Crippen LogP contribution in [0, 0.1) is 5.82 Å². The van der Waals surface area contributed by atoms with Gasteiger partial charge in [-0.15, -0.1) is 0 Å². The summed E-state index contributed by atoms with van der Waals surface area (Å²) in [5.74, 6) is -0.313. The van der Waals surface area contributed by atoms with E-state index in [2.05, 4.69) is 21.2 Å². The molecule has 4 heteroatoms. The normalized spacial score (nSPS) is 10.1. The second-order valence-electron chi connectivity index (χ2n) is 3.34. The number of nitrogens with one attached hydrogen (secondary N) is 1. The van der Waals surface area contributed by atoms with Gasteiger partial charge in [0.05, 0.1) is 17.1 Å². The van der Waals surface area contributed by atoms with Crippen molar-refractivity contribution in [2.75, 3.05) is 11.1 Å². The molecule has 2 rings (SSSR count). The van der Waals surface area contributed by atoms with E-state index in [-0.39, 0.29) is 5.82 Å². The van der Waals surface area contributed by atoms with Crippen LogP contribution in [0.15, 0.2) is 46.9 Å². The van der Waals surface area contributed by atoms with E-state index in [0.29, 0.717) is 17.1 Å². The molecule has 2 aromatic carbocycles. The third-order valence-electron chi connectivity index (χ3n) is 2.16. The molecule has 0 aliphatic heterocycles. The summed E-state index contributed by atoms with van der Waals surface area (Å²) in [6.45, 7) is 0. The second kappa shape index (κ2) is 4.53. The van der Waals surface area contributed by atoms with E-state index in [9.17, 15) is 4.39 Å². The van der Waals surface area contributed by atoms with E-state index < -0.39 is 0 Å². The summed E-state index contributed by atoms with van der Waals surface area (Å²) >= 11 is 3.29. The Balaban J connectivity index is 2.34. The molecule has 0 saturated heterocycles. The van der Waals surface area contributed by atoms with E-state index in [4.69, 9.17) is 5.73 Å². The van der Waals surface area contributed by atoms with Crippen LogP contribution in [0.2, 0.25) is 0 Å². The maximum Gasteiger partial charge on any atom is 0.146 e. The molecule has 16 heavy (non-hydrogen) atoms. The standard InChI is InChI=1S/C12H10BrFN2/c13-8-5-6-9(14)12(7-8)16-11-4-2-1-3-10(11)15/h1-7,16H,15H2. The molecule has 0 aromatic heterocycles. The fourth-order valence-electron chi connectivity index (χ4n) is 1.35. The van der Waals surface area contributed by atoms with Gasteiger partial charge in [0.25, 0.3) is 0 Å². The third kappa shape index (κ3) is 2.33. The van der Waals surface area contributed by atoms with Gasteiger partial charge in [-0.1, -0.05) is 28.1 Å². The minimum absolute atomic E-state index is 0.313. The zero-order valence-corrected chi connectivity index (χ0v) is 9.96. The van der Waals surface area contributed by atoms with E-state index in [1.807, 2.05) is 12.1 Å². The van der Waals surface area contributed by atoms with Crippen LogP contribution < -0.4 is 11.1 Å². The van der Waals surface area contributed by atoms with Gasteiger partial charge >= 0.3 is 0 Å². The zero-order valence-electron chi connectivity index (χ0n) is 8.37. The summed E-state index contributed by atoms with van der Waals surface area (Å²) in [6, 6.07) is 11.9. The van der Waals surface area contributed by atoms with Crippen LogP contribution in [0.5, 0.6) is 0 Å². The molecule has 0 aliphatic carbocycles. The van der Waals surface area contributed by atoms with Crippen molar-refractivity contribution in [1.29, 1.82) is 0 Å². The Morgan fingerprint density at radius 3 is 2.56 bits per heavy atom. The first-order valence-corrected chi connectivity index (χ1v) is 5.53. The number of para-hydroxylation sites is 2. The molecule has 0 atom stereocenters. The van der Waals surface area contributed by atoms with Crippen LogP contribution in [0.1, 0.15) is 0 Å². The van der Waals surface area contributed by atoms with Gasteiger partial charge in [-0.3, -0.25) is 0 Å². The lowest BCUT2D eigenvalue weighted by atomic mass is 10.2. The molecule has 0 fully saturated rings. The Kier molecular flexibility index (Phi) is 3.10. The number of hydrogen-bond acceptors (Lipinski definition) is 2. The van der Waals surface area contributed by atoms with Gasteiger partial charge in [0.1, 0.15) is 5.82 Å². The van der Waals surface area contributed by atoms with E-state index in [1.165, 1.54) is 6.07 Å². The molecule has 2 aromatic rings. The molecule has 0 amide bonds. The molecule has 0 aliphatic rings. The molecular formula is C12H10BrFN2. The highest BCUT2D eigenvalue weighted by Gasteiger charge is 2.04. The number of hydrogen-bond donors (Lipinski definition) is 2. The monoisotopic (exact) mass is 280 g/mol. The predicted molar refractivity (Wildman–Crippen MR) is 68.2 cm³/mol. The average Bonchev–Trinajstić information content (AvgIpc) is 2.27. The maximum absolute atomic E-state index is 13.5. The SMILES string of the molecule is Nc1ccccc1Nc1cc(Br)ccc1F. The van der Waals surface area contributed by atoms with Crippen molar-refractivity contribution in [2.45, 2.75) is 0 Å². The van der Waals surface area contributed by atoms with Crippen LogP contribution in [-0.4, -0.2) is 0 Å². The fourth-order valence-corrected chi connectivity index (χ4v) is 1.71. The van der Waals surface area contributed by atoms with Gasteiger partial charge in [0, 0.05) is 4.47 Å². The van der Waals surface area contributed by atoms with Crippen LogP contribution in [-0.2, 0) is 0 Å². The van der Waals surface area contributed by atoms with Crippen LogP contribution in [0.25, 0.3) is 0 Å². The van der Waals surface area contributed by atoms with Gasteiger partial charge in [0.15, 0.2) is 0 Å². The molecular weight excluding hydrogens is 271 g/mol. The minimum Gasteiger partial charge on any atom is -0.397 e. The zero-order chi connectivity index (χ0) is 11.5. The van der Waals surface area contributed by atoms with E-state index >= 15 is 0 Å². The molecule has 0 heterocycles. The Hall–Kier alpha value is -1.55. The molecule has 2 nitrogen and oxygen atoms in total. The summed E-state index contributed by atoms with van der Waals surface area (Å²) in [4.78, 5) is 0. The van der Waals surface area contributed by atoms with Crippen molar-refractivity contribution < 1.29 is 4.39 Å². The van der Waals surface area contributed by atoms with Gasteiger partial charge in [-0.25, -0.2) is 4.39 Å². The Labute approximate surface area is 101 Å². The molecule has 0 saturated carbocycles. The quantitative estimate of drug-likeness (QED) is 0.819. The van der Waals surface area contributed by atoms with Crippen molar-refractivity contribution in [3.8, 4) is 0 Å². The molecule has 3 N–H and O–H groups in total. The van der Waals surface area contributed by atoms with Crippen molar-refractivity contribution in [3.05, 3.63) is 52.8 Å². The molecule has 82 valence electrons. The van der Waals surface area contributed by atoms with E-state index in [0.717, 1.165) is 4.47 Å². The summed E-state index contributed by atoms with van der Waals surface area (Å²) in [7, 11) is 0. The molecule has 0 unspecified atom stereocenters. The molecule has 0 spiro atoms. The largest absolute Gasteiger partial charge is 0.397 e. The third-order valence-corrected chi connectivity index (χ3v) is 2.65. The Morgan fingerprint density at radius 1 is 1.06 bits per heavy atom. The lowest BCUT2D eigenvalue weighted by Crippen LogP contribution is -1.97. The predicted octanol–water partition coefficient (Wildman–Crippen LogP) is 3.91. The summed E-state index contributed by atoms with van der Waals surface area (Å²) in [5.41, 5.74) is 7.43. The first-order chi connectivity index (χ1) is 7.66. The fraction of sp³-hybridized carbons (Fsp3) is 0. The average molecular weight is 281 g/mol. The number of benzene rings is 2. The first-order valence-electron chi connectivity index (χ1n) is 4.73. The van der Waals surface area contributed by atoms with Crippen LogP contribution in [0.4, 0.5) is 21.5 Å². The molecule has 0 radical (unpaired) electrons. The van der Waals surface area contributed by atoms with Crippen LogP contribution >= 0.6 is 15.9 Å². The summed E-state index contributed by atoms with van der Waals surface area (Å²) < 4.78 is 14.3. The first kappa shape index (κ1) is 11.0. The number of nitrogens with two attached hydrogens (primary N) is 1. The highest BCUT2D eigenvalue weighted by molar-refractivity contribution is 9.10. The van der Waals surface area contributed by atoms with Gasteiger partial charge in [0.2, 0.25) is 0 Å². The summed E-state index contributed by atoms with van der Waals surface area (Å²) in [5, 5.41) is 2.95. The second-order valence-corrected chi connectivity index (χ2v) is 4.25. The topological polar surface area (TPSA) is 38.0 Å². The lowest BCUT2D eigenvalue weighted by molar-refractivity contribution is 0.631. The number of halogens is 2. The van der Waals surface area contributed by atoms with Gasteiger partial charge in [-0.2, -0.15) is 0 Å². The van der Waals surface area contributed by atoms with Crippen molar-refractivity contribution in [3.63, 3.8) is 0 Å². The number of nitrogen functional groups attached to an aromatic ring is 1. The van der Waals surface area contributed by atoms with Crippen molar-refractivity contribution >= 4 is 33.0 Å². The van der Waals surface area contributed by atoms with E-state index in [1.54, 1.807) is 24.3 Å².